The second kappa shape index (κ2) is 10.9. The monoisotopic (exact) mass is 571 g/mol. The molecule has 3 heterocycles. The first-order chi connectivity index (χ1) is 18.7. The fourth-order valence-electron chi connectivity index (χ4n) is 4.40. The van der Waals surface area contributed by atoms with Crippen LogP contribution in [0.5, 0.6) is 0 Å². The standard InChI is InChI=1S/C27H37N5O7Si/c1-15(2)21(35)29-26-30-22(36)18-23(32(26)40(6,7)27(3,4)5)31(14-28-18)24-20(19(34)17(13-33)38-24)39-25(37)16-11-9-8-10-12-16/h8-12,14-15,17,19-20,24,33-34H,13H2,1-7H3,(H,29,30,35,36)/t17-,19+,20-,24-/m1/s1. The lowest BCUT2D eigenvalue weighted by Crippen LogP contribution is -2.48. The van der Waals surface area contributed by atoms with Gasteiger partial charge in [-0.25, -0.2) is 9.78 Å². The number of amides is 1. The highest BCUT2D eigenvalue weighted by molar-refractivity contribution is 6.79. The maximum absolute atomic E-state index is 13.2. The van der Waals surface area contributed by atoms with E-state index in [-0.39, 0.29) is 33.9 Å². The Morgan fingerprint density at radius 1 is 1.20 bits per heavy atom. The molecule has 216 valence electrons. The number of aliphatic hydroxyl groups is 2. The molecular weight excluding hydrogens is 534 g/mol. The van der Waals surface area contributed by atoms with Crippen molar-refractivity contribution in [2.75, 3.05) is 11.9 Å². The largest absolute Gasteiger partial charge is 0.451 e. The molecule has 13 heteroatoms. The van der Waals surface area contributed by atoms with Gasteiger partial charge >= 0.3 is 11.5 Å². The summed E-state index contributed by atoms with van der Waals surface area (Å²) in [5.74, 6) is -1.28. The van der Waals surface area contributed by atoms with Crippen molar-refractivity contribution in [3.8, 4) is 0 Å². The van der Waals surface area contributed by atoms with Crippen LogP contribution in [-0.2, 0) is 14.3 Å². The van der Waals surface area contributed by atoms with Crippen molar-refractivity contribution in [2.24, 2.45) is 5.92 Å². The molecule has 2 aromatic heterocycles. The van der Waals surface area contributed by atoms with Gasteiger partial charge < -0.3 is 23.9 Å². The van der Waals surface area contributed by atoms with E-state index in [4.69, 9.17) is 9.47 Å². The fourth-order valence-corrected chi connectivity index (χ4v) is 6.46. The minimum Gasteiger partial charge on any atom is -0.451 e. The van der Waals surface area contributed by atoms with Gasteiger partial charge in [0.1, 0.15) is 17.9 Å². The average Bonchev–Trinajstić information content (AvgIpc) is 3.45. The van der Waals surface area contributed by atoms with E-state index in [2.05, 4.69) is 49.1 Å². The van der Waals surface area contributed by atoms with Crippen LogP contribution in [0.4, 0.5) is 5.95 Å². The topological polar surface area (TPSA) is 158 Å². The van der Waals surface area contributed by atoms with Crippen molar-refractivity contribution in [1.82, 2.24) is 18.8 Å². The van der Waals surface area contributed by atoms with E-state index in [1.165, 1.54) is 10.9 Å². The number of nitrogens with zero attached hydrogens (tertiary/aromatic N) is 4. The lowest BCUT2D eigenvalue weighted by atomic mass is 10.1. The van der Waals surface area contributed by atoms with Gasteiger partial charge in [-0.3, -0.25) is 19.5 Å². The molecule has 0 radical (unpaired) electrons. The summed E-state index contributed by atoms with van der Waals surface area (Å²) in [6, 6.07) is 8.30. The molecule has 1 amide bonds. The Kier molecular flexibility index (Phi) is 8.05. The summed E-state index contributed by atoms with van der Waals surface area (Å²) in [5.41, 5.74) is -0.0384. The van der Waals surface area contributed by atoms with Crippen molar-refractivity contribution in [3.05, 3.63) is 52.6 Å². The molecule has 0 aliphatic carbocycles. The molecular formula is C27H37N5O7Si. The SMILES string of the molecule is CC(C)C(=O)Nc1nc(=O)c2ncn([C@@H]3O[C@H](CO)[C@H](O)[C@H]3OC(=O)c3ccccc3)c2n1[Si](C)(C)C(C)(C)C. The number of fused-ring (bicyclic) bond motifs is 1. The number of esters is 1. The fraction of sp³-hybridized carbons (Fsp3) is 0.519. The number of anilines is 1. The van der Waals surface area contributed by atoms with Gasteiger partial charge in [0, 0.05) is 5.92 Å². The summed E-state index contributed by atoms with van der Waals surface area (Å²) in [6.45, 7) is 13.3. The van der Waals surface area contributed by atoms with Crippen LogP contribution in [0.3, 0.4) is 0 Å². The molecule has 0 saturated carbocycles. The molecule has 0 bridgehead atoms. The van der Waals surface area contributed by atoms with Gasteiger partial charge in [-0.05, 0) is 17.2 Å². The molecule has 0 unspecified atom stereocenters. The quantitative estimate of drug-likeness (QED) is 0.286. The molecule has 3 N–H and O–H groups in total. The molecule has 4 rings (SSSR count). The van der Waals surface area contributed by atoms with E-state index in [0.717, 1.165) is 0 Å². The number of aliphatic hydroxyl groups excluding tert-OH is 2. The third kappa shape index (κ3) is 5.21. The Morgan fingerprint density at radius 2 is 1.85 bits per heavy atom. The molecule has 1 saturated heterocycles. The first kappa shape index (κ1) is 29.6. The molecule has 12 nitrogen and oxygen atoms in total. The highest BCUT2D eigenvalue weighted by atomic mass is 28.3. The van der Waals surface area contributed by atoms with E-state index in [0.29, 0.717) is 5.65 Å². The van der Waals surface area contributed by atoms with Gasteiger partial charge in [-0.15, -0.1) is 0 Å². The highest BCUT2D eigenvalue weighted by Crippen LogP contribution is 2.41. The molecule has 1 aromatic carbocycles. The maximum Gasteiger partial charge on any atom is 0.338 e. The zero-order valence-corrected chi connectivity index (χ0v) is 24.8. The zero-order valence-electron chi connectivity index (χ0n) is 23.8. The number of rotatable bonds is 7. The normalized spacial score (nSPS) is 21.6. The Bertz CT molecular complexity index is 1460. The van der Waals surface area contributed by atoms with E-state index in [9.17, 15) is 24.6 Å². The van der Waals surface area contributed by atoms with Gasteiger partial charge in [0.05, 0.1) is 18.5 Å². The van der Waals surface area contributed by atoms with Crippen LogP contribution in [0, 0.1) is 5.92 Å². The van der Waals surface area contributed by atoms with Gasteiger partial charge in [-0.2, -0.15) is 4.98 Å². The summed E-state index contributed by atoms with van der Waals surface area (Å²) in [7, 11) is -2.65. The third-order valence-electron chi connectivity index (χ3n) is 7.77. The van der Waals surface area contributed by atoms with E-state index in [1.807, 2.05) is 4.23 Å². The van der Waals surface area contributed by atoms with Crippen LogP contribution in [0.2, 0.25) is 18.1 Å². The number of benzene rings is 1. The molecule has 0 spiro atoms. The van der Waals surface area contributed by atoms with Crippen LogP contribution in [-0.4, -0.2) is 74.0 Å². The number of hydrogen-bond donors (Lipinski definition) is 3. The van der Waals surface area contributed by atoms with E-state index in [1.54, 1.807) is 44.2 Å². The first-order valence-corrected chi connectivity index (χ1v) is 16.1. The Balaban J connectivity index is 1.94. The van der Waals surface area contributed by atoms with Crippen molar-refractivity contribution >= 4 is 37.2 Å². The molecule has 4 atom stereocenters. The zero-order chi connectivity index (χ0) is 29.6. The first-order valence-electron chi connectivity index (χ1n) is 13.2. The minimum atomic E-state index is -2.65. The summed E-state index contributed by atoms with van der Waals surface area (Å²) in [4.78, 5) is 47.5. The summed E-state index contributed by atoms with van der Waals surface area (Å²) in [5, 5.41) is 23.4. The van der Waals surface area contributed by atoms with Crippen LogP contribution in [0.25, 0.3) is 11.2 Å². The smallest absolute Gasteiger partial charge is 0.338 e. The van der Waals surface area contributed by atoms with E-state index >= 15 is 0 Å². The minimum absolute atomic E-state index is 0.0334. The van der Waals surface area contributed by atoms with Crippen LogP contribution in [0.15, 0.2) is 41.5 Å². The lowest BCUT2D eigenvalue weighted by Gasteiger charge is -2.40. The molecule has 1 aliphatic rings. The number of ether oxygens (including phenoxy) is 2. The van der Waals surface area contributed by atoms with Gasteiger partial charge in [-0.1, -0.05) is 65.9 Å². The Hall–Kier alpha value is -3.39. The number of carbonyl (C=O) groups is 2. The summed E-state index contributed by atoms with van der Waals surface area (Å²) >= 11 is 0. The van der Waals surface area contributed by atoms with Crippen LogP contribution >= 0.6 is 0 Å². The summed E-state index contributed by atoms with van der Waals surface area (Å²) in [6.07, 6.45) is -3.45. The van der Waals surface area contributed by atoms with Crippen LogP contribution in [0.1, 0.15) is 51.2 Å². The van der Waals surface area contributed by atoms with Crippen molar-refractivity contribution < 1.29 is 29.3 Å². The lowest BCUT2D eigenvalue weighted by molar-refractivity contribution is -0.118. The maximum atomic E-state index is 13.2. The highest BCUT2D eigenvalue weighted by Gasteiger charge is 2.49. The third-order valence-corrected chi connectivity index (χ3v) is 13.0. The van der Waals surface area contributed by atoms with E-state index < -0.39 is 50.9 Å². The Labute approximate surface area is 233 Å². The number of nitrogens with one attached hydrogen (secondary N) is 1. The molecule has 1 fully saturated rings. The Morgan fingerprint density at radius 3 is 2.42 bits per heavy atom. The van der Waals surface area contributed by atoms with Crippen LogP contribution < -0.4 is 10.9 Å². The second-order valence-corrected chi connectivity index (χ2v) is 16.9. The van der Waals surface area contributed by atoms with Crippen molar-refractivity contribution in [1.29, 1.82) is 0 Å². The van der Waals surface area contributed by atoms with Gasteiger partial charge in [0.25, 0.3) is 0 Å². The van der Waals surface area contributed by atoms with Gasteiger partial charge in [0.15, 0.2) is 26.1 Å². The number of hydrogen-bond acceptors (Lipinski definition) is 9. The molecule has 40 heavy (non-hydrogen) atoms. The number of imidazole rings is 1. The number of carbonyl (C=O) groups excluding carboxylic acids is 2. The predicted molar refractivity (Wildman–Crippen MR) is 150 cm³/mol. The summed E-state index contributed by atoms with van der Waals surface area (Å²) < 4.78 is 15.1. The predicted octanol–water partition coefficient (Wildman–Crippen LogP) is 2.52. The van der Waals surface area contributed by atoms with Gasteiger partial charge in [0.2, 0.25) is 11.9 Å². The van der Waals surface area contributed by atoms with Crippen molar-refractivity contribution in [3.63, 3.8) is 0 Å². The molecule has 1 aliphatic heterocycles. The van der Waals surface area contributed by atoms with Crippen molar-refractivity contribution in [2.45, 2.75) is 77.3 Å². The second-order valence-electron chi connectivity index (χ2n) is 11.8. The molecule has 3 aromatic rings. The average molecular weight is 572 g/mol. The number of aromatic nitrogens is 4.